The maximum Gasteiger partial charge on any atom is 0.271 e. The average Bonchev–Trinajstić information content (AvgIpc) is 2.95. The average molecular weight is 567 g/mol. The van der Waals surface area contributed by atoms with Crippen molar-refractivity contribution in [3.05, 3.63) is 101 Å². The highest BCUT2D eigenvalue weighted by atomic mass is 32.2. The zero-order valence-electron chi connectivity index (χ0n) is 22.8. The summed E-state index contributed by atoms with van der Waals surface area (Å²) in [5.74, 6) is -0.776. The normalized spacial score (nSPS) is 12.0. The number of amides is 2. The minimum Gasteiger partial charge on any atom is -0.354 e. The smallest absolute Gasteiger partial charge is 0.271 e. The summed E-state index contributed by atoms with van der Waals surface area (Å²) in [7, 11) is -4.30. The maximum atomic E-state index is 13.8. The standard InChI is InChI=1S/C29H34N4O6S/c1-22(2)20-30-29(35)23(3)31(18-17-24-11-6-4-7-12-24)28(34)21-32(25-13-10-14-26(19-25)33(36)37)40(38,39)27-15-8-5-9-16-27/h4-16,19,22-23H,17-18,20-21H2,1-3H3,(H,30,35). The molecule has 1 atom stereocenters. The molecule has 212 valence electrons. The molecule has 0 fully saturated rings. The van der Waals surface area contributed by atoms with E-state index in [9.17, 15) is 28.1 Å². The van der Waals surface area contributed by atoms with Crippen molar-refractivity contribution >= 4 is 33.2 Å². The van der Waals surface area contributed by atoms with Crippen LogP contribution in [0, 0.1) is 16.0 Å². The van der Waals surface area contributed by atoms with Crippen molar-refractivity contribution < 1.29 is 22.9 Å². The van der Waals surface area contributed by atoms with Gasteiger partial charge in [-0.25, -0.2) is 8.42 Å². The van der Waals surface area contributed by atoms with Crippen molar-refractivity contribution in [2.24, 2.45) is 5.92 Å². The fourth-order valence-electron chi connectivity index (χ4n) is 4.03. The molecule has 0 heterocycles. The molecule has 0 radical (unpaired) electrons. The van der Waals surface area contributed by atoms with Gasteiger partial charge in [0.25, 0.3) is 15.7 Å². The number of benzene rings is 3. The molecule has 0 aliphatic carbocycles. The van der Waals surface area contributed by atoms with Crippen LogP contribution in [0.1, 0.15) is 26.3 Å². The van der Waals surface area contributed by atoms with Crippen LogP contribution in [-0.2, 0) is 26.0 Å². The number of nitrogens with zero attached hydrogens (tertiary/aromatic N) is 3. The number of anilines is 1. The van der Waals surface area contributed by atoms with Gasteiger partial charge in [0.1, 0.15) is 12.6 Å². The van der Waals surface area contributed by atoms with Crippen LogP contribution in [0.25, 0.3) is 0 Å². The minimum atomic E-state index is -4.30. The van der Waals surface area contributed by atoms with E-state index in [1.807, 2.05) is 44.2 Å². The molecule has 0 aliphatic rings. The molecule has 3 aromatic carbocycles. The minimum absolute atomic E-state index is 0.0358. The zero-order valence-corrected chi connectivity index (χ0v) is 23.6. The Morgan fingerprint density at radius 3 is 2.15 bits per heavy atom. The number of hydrogen-bond donors (Lipinski definition) is 1. The number of rotatable bonds is 13. The second kappa shape index (κ2) is 13.7. The Kier molecular flexibility index (Phi) is 10.4. The highest BCUT2D eigenvalue weighted by Crippen LogP contribution is 2.27. The number of carbonyl (C=O) groups is 2. The first-order chi connectivity index (χ1) is 19.0. The van der Waals surface area contributed by atoms with Gasteiger partial charge in [-0.05, 0) is 43.0 Å². The Morgan fingerprint density at radius 2 is 1.55 bits per heavy atom. The van der Waals surface area contributed by atoms with Gasteiger partial charge < -0.3 is 10.2 Å². The maximum absolute atomic E-state index is 13.8. The van der Waals surface area contributed by atoms with Gasteiger partial charge in [-0.15, -0.1) is 0 Å². The summed E-state index contributed by atoms with van der Waals surface area (Å²) in [4.78, 5) is 38.9. The number of non-ortho nitro benzene ring substituents is 1. The third-order valence-electron chi connectivity index (χ3n) is 6.27. The van der Waals surface area contributed by atoms with E-state index in [1.54, 1.807) is 25.1 Å². The summed E-state index contributed by atoms with van der Waals surface area (Å²) < 4.78 is 28.3. The molecule has 0 aliphatic heterocycles. The monoisotopic (exact) mass is 566 g/mol. The number of nitro groups is 1. The predicted octanol–water partition coefficient (Wildman–Crippen LogP) is 4.02. The number of carbonyl (C=O) groups excluding carboxylic acids is 2. The van der Waals surface area contributed by atoms with Gasteiger partial charge >= 0.3 is 0 Å². The summed E-state index contributed by atoms with van der Waals surface area (Å²) in [6.45, 7) is 5.43. The van der Waals surface area contributed by atoms with Crippen molar-refractivity contribution in [2.75, 3.05) is 23.9 Å². The summed E-state index contributed by atoms with van der Waals surface area (Å²) in [5, 5.41) is 14.3. The first kappa shape index (κ1) is 30.3. The third-order valence-corrected chi connectivity index (χ3v) is 8.06. The van der Waals surface area contributed by atoms with Gasteiger partial charge in [-0.2, -0.15) is 0 Å². The Balaban J connectivity index is 1.99. The van der Waals surface area contributed by atoms with Crippen LogP contribution < -0.4 is 9.62 Å². The van der Waals surface area contributed by atoms with Crippen LogP contribution in [0.2, 0.25) is 0 Å². The van der Waals surface area contributed by atoms with E-state index in [-0.39, 0.29) is 34.6 Å². The molecule has 10 nitrogen and oxygen atoms in total. The van der Waals surface area contributed by atoms with Crippen LogP contribution in [0.3, 0.4) is 0 Å². The highest BCUT2D eigenvalue weighted by Gasteiger charge is 2.32. The van der Waals surface area contributed by atoms with E-state index >= 15 is 0 Å². The Labute approximate surface area is 234 Å². The molecule has 0 saturated heterocycles. The summed E-state index contributed by atoms with van der Waals surface area (Å²) in [6.07, 6.45) is 0.441. The topological polar surface area (TPSA) is 130 Å². The lowest BCUT2D eigenvalue weighted by molar-refractivity contribution is -0.384. The van der Waals surface area contributed by atoms with Crippen LogP contribution in [0.15, 0.2) is 89.8 Å². The summed E-state index contributed by atoms with van der Waals surface area (Å²) >= 11 is 0. The fraction of sp³-hybridized carbons (Fsp3) is 0.310. The van der Waals surface area contributed by atoms with Crippen molar-refractivity contribution in [1.29, 1.82) is 0 Å². The molecule has 40 heavy (non-hydrogen) atoms. The first-order valence-corrected chi connectivity index (χ1v) is 14.4. The summed E-state index contributed by atoms with van der Waals surface area (Å²) in [5.41, 5.74) is 0.592. The van der Waals surface area contributed by atoms with E-state index in [1.165, 1.54) is 35.2 Å². The van der Waals surface area contributed by atoms with Crippen LogP contribution in [-0.4, -0.2) is 55.7 Å². The van der Waals surface area contributed by atoms with E-state index in [0.29, 0.717) is 13.0 Å². The van der Waals surface area contributed by atoms with E-state index in [4.69, 9.17) is 0 Å². The molecule has 0 aromatic heterocycles. The molecule has 3 rings (SSSR count). The van der Waals surface area contributed by atoms with Gasteiger partial charge in [0.2, 0.25) is 11.8 Å². The van der Waals surface area contributed by atoms with Crippen molar-refractivity contribution in [2.45, 2.75) is 38.1 Å². The van der Waals surface area contributed by atoms with Crippen molar-refractivity contribution in [3.63, 3.8) is 0 Å². The Hall–Kier alpha value is -4.25. The van der Waals surface area contributed by atoms with E-state index in [2.05, 4.69) is 5.32 Å². The molecule has 0 spiro atoms. The lowest BCUT2D eigenvalue weighted by Gasteiger charge is -2.32. The van der Waals surface area contributed by atoms with Crippen molar-refractivity contribution in [3.8, 4) is 0 Å². The zero-order chi connectivity index (χ0) is 29.3. The van der Waals surface area contributed by atoms with E-state index < -0.39 is 33.4 Å². The number of sulfonamides is 1. The number of nitro benzene ring substituents is 1. The predicted molar refractivity (Wildman–Crippen MR) is 153 cm³/mol. The van der Waals surface area contributed by atoms with Crippen LogP contribution in [0.5, 0.6) is 0 Å². The fourth-order valence-corrected chi connectivity index (χ4v) is 5.46. The van der Waals surface area contributed by atoms with Gasteiger partial charge in [-0.1, -0.05) is 68.4 Å². The molecule has 1 unspecified atom stereocenters. The van der Waals surface area contributed by atoms with Crippen LogP contribution >= 0.6 is 0 Å². The lowest BCUT2D eigenvalue weighted by atomic mass is 10.1. The second-order valence-corrected chi connectivity index (χ2v) is 11.6. The molecule has 1 N–H and O–H groups in total. The van der Waals surface area contributed by atoms with E-state index in [0.717, 1.165) is 15.9 Å². The quantitative estimate of drug-likeness (QED) is 0.246. The number of nitrogens with one attached hydrogen (secondary N) is 1. The number of hydrogen-bond acceptors (Lipinski definition) is 6. The van der Waals surface area contributed by atoms with Crippen molar-refractivity contribution in [1.82, 2.24) is 10.2 Å². The van der Waals surface area contributed by atoms with Crippen LogP contribution in [0.4, 0.5) is 11.4 Å². The molecular weight excluding hydrogens is 532 g/mol. The molecule has 0 saturated carbocycles. The summed E-state index contributed by atoms with van der Waals surface area (Å²) in [6, 6.07) is 21.2. The van der Waals surface area contributed by atoms with Gasteiger partial charge in [0.15, 0.2) is 0 Å². The molecule has 2 amide bonds. The Morgan fingerprint density at radius 1 is 0.925 bits per heavy atom. The largest absolute Gasteiger partial charge is 0.354 e. The SMILES string of the molecule is CC(C)CNC(=O)C(C)N(CCc1ccccc1)C(=O)CN(c1cccc([N+](=O)[O-])c1)S(=O)(=O)c1ccccc1. The molecule has 0 bridgehead atoms. The van der Waals surface area contributed by atoms with Gasteiger partial charge in [0.05, 0.1) is 15.5 Å². The second-order valence-electron chi connectivity index (χ2n) is 9.74. The first-order valence-electron chi connectivity index (χ1n) is 12.9. The molecule has 3 aromatic rings. The van der Waals surface area contributed by atoms with Gasteiger partial charge in [0, 0.05) is 25.2 Å². The highest BCUT2D eigenvalue weighted by molar-refractivity contribution is 7.92. The lowest BCUT2D eigenvalue weighted by Crippen LogP contribution is -2.52. The molecule has 11 heteroatoms. The Bertz CT molecular complexity index is 1410. The van der Waals surface area contributed by atoms with Gasteiger partial charge in [-0.3, -0.25) is 24.0 Å². The molecular formula is C29H34N4O6S. The third kappa shape index (κ3) is 7.89.